The van der Waals surface area contributed by atoms with Crippen LogP contribution >= 0.6 is 0 Å². The first kappa shape index (κ1) is 17.0. The van der Waals surface area contributed by atoms with Crippen LogP contribution in [0.15, 0.2) is 24.3 Å². The number of hydrogen-bond acceptors (Lipinski definition) is 4. The molecule has 130 valence electrons. The first-order chi connectivity index (χ1) is 11.7. The second-order valence-corrected chi connectivity index (χ2v) is 6.86. The Labute approximate surface area is 143 Å². The summed E-state index contributed by atoms with van der Waals surface area (Å²) in [5, 5.41) is 14.2. The number of aromatic nitrogens is 3. The summed E-state index contributed by atoms with van der Waals surface area (Å²) in [6.45, 7) is 3.07. The van der Waals surface area contributed by atoms with Gasteiger partial charge in [-0.1, -0.05) is 38.3 Å². The van der Waals surface area contributed by atoms with Gasteiger partial charge in [-0.2, -0.15) is 5.10 Å². The van der Waals surface area contributed by atoms with E-state index in [0.29, 0.717) is 12.3 Å². The van der Waals surface area contributed by atoms with E-state index in [-0.39, 0.29) is 11.8 Å². The van der Waals surface area contributed by atoms with Gasteiger partial charge in [0, 0.05) is 12.5 Å². The number of hydrogen-bond donors (Lipinski definition) is 2. The number of nitrogens with two attached hydrogens (primary N) is 1. The Morgan fingerprint density at radius 3 is 2.62 bits per heavy atom. The molecule has 5 heteroatoms. The van der Waals surface area contributed by atoms with E-state index < -0.39 is 0 Å². The largest absolute Gasteiger partial charge is 0.508 e. The molecule has 24 heavy (non-hydrogen) atoms. The van der Waals surface area contributed by atoms with Crippen LogP contribution in [0.25, 0.3) is 0 Å². The molecular weight excluding hydrogens is 300 g/mol. The normalized spacial score (nSPS) is 16.6. The van der Waals surface area contributed by atoms with Crippen molar-refractivity contribution in [1.82, 2.24) is 14.8 Å². The molecule has 0 radical (unpaired) electrons. The van der Waals surface area contributed by atoms with Crippen LogP contribution in [0, 0.1) is 0 Å². The fourth-order valence-corrected chi connectivity index (χ4v) is 3.45. The number of benzene rings is 1. The Hall–Kier alpha value is -1.88. The van der Waals surface area contributed by atoms with E-state index in [1.54, 1.807) is 12.1 Å². The van der Waals surface area contributed by atoms with Crippen molar-refractivity contribution in [3.8, 4) is 5.75 Å². The molecule has 0 spiro atoms. The molecule has 1 aromatic heterocycles. The highest BCUT2D eigenvalue weighted by atomic mass is 16.3. The predicted octanol–water partition coefficient (Wildman–Crippen LogP) is 3.68. The van der Waals surface area contributed by atoms with Gasteiger partial charge in [-0.3, -0.25) is 0 Å². The summed E-state index contributed by atoms with van der Waals surface area (Å²) in [7, 11) is 0. The van der Waals surface area contributed by atoms with Gasteiger partial charge in [0.05, 0.1) is 6.04 Å². The number of rotatable bonds is 7. The summed E-state index contributed by atoms with van der Waals surface area (Å²) in [5.74, 6) is 2.67. The maximum absolute atomic E-state index is 9.42. The zero-order valence-corrected chi connectivity index (χ0v) is 14.5. The summed E-state index contributed by atoms with van der Waals surface area (Å²) in [4.78, 5) is 4.84. The van der Waals surface area contributed by atoms with Crippen LogP contribution in [0.4, 0.5) is 0 Å². The Morgan fingerprint density at radius 1 is 1.25 bits per heavy atom. The van der Waals surface area contributed by atoms with Crippen molar-refractivity contribution in [1.29, 1.82) is 0 Å². The van der Waals surface area contributed by atoms with E-state index in [4.69, 9.17) is 15.8 Å². The average molecular weight is 328 g/mol. The van der Waals surface area contributed by atoms with Crippen LogP contribution in [-0.4, -0.2) is 19.9 Å². The third kappa shape index (κ3) is 3.96. The van der Waals surface area contributed by atoms with Crippen molar-refractivity contribution in [2.24, 2.45) is 5.73 Å². The maximum atomic E-state index is 9.42. The van der Waals surface area contributed by atoms with Crippen molar-refractivity contribution in [2.45, 2.75) is 70.4 Å². The molecule has 0 amide bonds. The van der Waals surface area contributed by atoms with E-state index in [9.17, 15) is 5.11 Å². The maximum Gasteiger partial charge on any atom is 0.154 e. The summed E-state index contributed by atoms with van der Waals surface area (Å²) in [6, 6.07) is 7.07. The molecular formula is C19H28N4O. The zero-order valence-electron chi connectivity index (χ0n) is 14.5. The molecule has 2 aromatic rings. The minimum atomic E-state index is -0.172. The second-order valence-electron chi connectivity index (χ2n) is 6.86. The average Bonchev–Trinajstić information content (AvgIpc) is 3.24. The molecule has 0 saturated heterocycles. The standard InChI is InChI=1S/C19H28N4O/c1-2-3-12-23-19(21-18(22-23)15-6-4-5-7-15)17(20)13-14-8-10-16(24)11-9-14/h8-11,15,17,24H,2-7,12-13,20H2,1H3. The van der Waals surface area contributed by atoms with Gasteiger partial charge in [-0.25, -0.2) is 9.67 Å². The number of aryl methyl sites for hydroxylation is 1. The Kier molecular flexibility index (Phi) is 5.51. The van der Waals surface area contributed by atoms with Gasteiger partial charge in [0.1, 0.15) is 11.6 Å². The number of phenolic OH excluding ortho intramolecular Hbond substituents is 1. The third-order valence-electron chi connectivity index (χ3n) is 4.88. The topological polar surface area (TPSA) is 77.0 Å². The molecule has 1 aromatic carbocycles. The molecule has 1 saturated carbocycles. The molecule has 1 heterocycles. The van der Waals surface area contributed by atoms with Gasteiger partial charge in [-0.15, -0.1) is 0 Å². The summed E-state index contributed by atoms with van der Waals surface area (Å²) < 4.78 is 2.03. The van der Waals surface area contributed by atoms with Crippen molar-refractivity contribution in [2.75, 3.05) is 0 Å². The monoisotopic (exact) mass is 328 g/mol. The van der Waals surface area contributed by atoms with E-state index in [0.717, 1.165) is 36.6 Å². The number of unbranched alkanes of at least 4 members (excludes halogenated alkanes) is 1. The van der Waals surface area contributed by atoms with Crippen molar-refractivity contribution in [3.05, 3.63) is 41.5 Å². The lowest BCUT2D eigenvalue weighted by atomic mass is 10.1. The second kappa shape index (κ2) is 7.79. The summed E-state index contributed by atoms with van der Waals surface area (Å²) in [6.07, 6.45) is 7.88. The highest BCUT2D eigenvalue weighted by Crippen LogP contribution is 2.33. The summed E-state index contributed by atoms with van der Waals surface area (Å²) >= 11 is 0. The third-order valence-corrected chi connectivity index (χ3v) is 4.88. The molecule has 1 unspecified atom stereocenters. The van der Waals surface area contributed by atoms with Crippen LogP contribution in [-0.2, 0) is 13.0 Å². The molecule has 3 N–H and O–H groups in total. The lowest BCUT2D eigenvalue weighted by Gasteiger charge is -2.12. The molecule has 1 atom stereocenters. The highest BCUT2D eigenvalue weighted by Gasteiger charge is 2.24. The predicted molar refractivity (Wildman–Crippen MR) is 94.9 cm³/mol. The van der Waals surface area contributed by atoms with Gasteiger partial charge < -0.3 is 10.8 Å². The van der Waals surface area contributed by atoms with Crippen LogP contribution in [0.2, 0.25) is 0 Å². The minimum Gasteiger partial charge on any atom is -0.508 e. The number of aromatic hydroxyl groups is 1. The number of nitrogens with zero attached hydrogens (tertiary/aromatic N) is 3. The first-order valence-electron chi connectivity index (χ1n) is 9.15. The molecule has 5 nitrogen and oxygen atoms in total. The van der Waals surface area contributed by atoms with E-state index in [2.05, 4.69) is 6.92 Å². The molecule has 0 bridgehead atoms. The van der Waals surface area contributed by atoms with Gasteiger partial charge in [0.2, 0.25) is 0 Å². The quantitative estimate of drug-likeness (QED) is 0.813. The first-order valence-corrected chi connectivity index (χ1v) is 9.15. The van der Waals surface area contributed by atoms with Gasteiger partial charge in [0.15, 0.2) is 5.82 Å². The van der Waals surface area contributed by atoms with E-state index in [1.807, 2.05) is 16.8 Å². The lowest BCUT2D eigenvalue weighted by molar-refractivity contribution is 0.474. The van der Waals surface area contributed by atoms with Crippen molar-refractivity contribution < 1.29 is 5.11 Å². The minimum absolute atomic E-state index is 0.172. The summed E-state index contributed by atoms with van der Waals surface area (Å²) in [5.41, 5.74) is 7.57. The van der Waals surface area contributed by atoms with Crippen LogP contribution in [0.1, 0.15) is 74.6 Å². The smallest absolute Gasteiger partial charge is 0.154 e. The van der Waals surface area contributed by atoms with Gasteiger partial charge >= 0.3 is 0 Å². The lowest BCUT2D eigenvalue weighted by Crippen LogP contribution is -2.19. The van der Waals surface area contributed by atoms with Crippen LogP contribution in [0.5, 0.6) is 5.75 Å². The molecule has 1 aliphatic carbocycles. The Balaban J connectivity index is 1.79. The van der Waals surface area contributed by atoms with E-state index >= 15 is 0 Å². The Morgan fingerprint density at radius 2 is 1.96 bits per heavy atom. The Bertz CT molecular complexity index is 644. The van der Waals surface area contributed by atoms with Gasteiger partial charge in [-0.05, 0) is 43.4 Å². The SMILES string of the molecule is CCCCn1nc(C2CCCC2)nc1C(N)Cc1ccc(O)cc1. The fraction of sp³-hybridized carbons (Fsp3) is 0.579. The fourth-order valence-electron chi connectivity index (χ4n) is 3.45. The molecule has 1 aliphatic rings. The van der Waals surface area contributed by atoms with Crippen molar-refractivity contribution >= 4 is 0 Å². The van der Waals surface area contributed by atoms with Gasteiger partial charge in [0.25, 0.3) is 0 Å². The molecule has 0 aliphatic heterocycles. The number of phenols is 1. The van der Waals surface area contributed by atoms with E-state index in [1.165, 1.54) is 25.7 Å². The molecule has 3 rings (SSSR count). The highest BCUT2D eigenvalue weighted by molar-refractivity contribution is 5.27. The zero-order chi connectivity index (χ0) is 16.9. The van der Waals surface area contributed by atoms with Crippen molar-refractivity contribution in [3.63, 3.8) is 0 Å². The van der Waals surface area contributed by atoms with Crippen LogP contribution in [0.3, 0.4) is 0 Å². The molecule has 1 fully saturated rings. The van der Waals surface area contributed by atoms with Crippen LogP contribution < -0.4 is 5.73 Å².